The quantitative estimate of drug-likeness (QED) is 0.635. The number of thiazole rings is 1. The molecule has 1 heterocycles. The zero-order valence-electron chi connectivity index (χ0n) is 14.6. The highest BCUT2D eigenvalue weighted by Crippen LogP contribution is 2.19. The van der Waals surface area contributed by atoms with Gasteiger partial charge in [0.2, 0.25) is 5.91 Å². The second-order valence-corrected chi connectivity index (χ2v) is 6.81. The predicted octanol–water partition coefficient (Wildman–Crippen LogP) is 3.70. The van der Waals surface area contributed by atoms with Gasteiger partial charge >= 0.3 is 5.97 Å². The third-order valence-corrected chi connectivity index (χ3v) is 4.70. The molecule has 0 spiro atoms. The molecule has 27 heavy (non-hydrogen) atoms. The molecule has 0 aliphatic heterocycles. The minimum atomic E-state index is -0.625. The van der Waals surface area contributed by atoms with Gasteiger partial charge in [0, 0.05) is 11.1 Å². The van der Waals surface area contributed by atoms with Crippen LogP contribution < -0.4 is 5.32 Å². The van der Waals surface area contributed by atoms with E-state index in [2.05, 4.69) is 10.3 Å². The normalized spacial score (nSPS) is 10.4. The molecule has 7 heteroatoms. The van der Waals surface area contributed by atoms with Crippen LogP contribution in [0.15, 0.2) is 53.9 Å². The van der Waals surface area contributed by atoms with Crippen LogP contribution in [-0.4, -0.2) is 22.0 Å². The number of hydrogen-bond acceptors (Lipinski definition) is 6. The highest BCUT2D eigenvalue weighted by atomic mass is 32.1. The topological polar surface area (TPSA) is 88.5 Å². The van der Waals surface area contributed by atoms with E-state index in [1.807, 2.05) is 31.2 Å². The van der Waals surface area contributed by atoms with Crippen LogP contribution in [0.4, 0.5) is 5.69 Å². The van der Waals surface area contributed by atoms with Gasteiger partial charge in [-0.2, -0.15) is 0 Å². The maximum Gasteiger partial charge on any atom is 0.342 e. The molecule has 0 saturated heterocycles. The number of ether oxygens (including phenoxy) is 1. The van der Waals surface area contributed by atoms with Gasteiger partial charge in [0.15, 0.2) is 0 Å². The van der Waals surface area contributed by atoms with E-state index in [1.165, 1.54) is 23.5 Å². The van der Waals surface area contributed by atoms with E-state index in [0.29, 0.717) is 10.7 Å². The van der Waals surface area contributed by atoms with Gasteiger partial charge in [-0.3, -0.25) is 4.79 Å². The third kappa shape index (κ3) is 4.92. The Morgan fingerprint density at radius 1 is 1.15 bits per heavy atom. The summed E-state index contributed by atoms with van der Waals surface area (Å²) >= 11 is 1.33. The first-order valence-corrected chi connectivity index (χ1v) is 9.15. The summed E-state index contributed by atoms with van der Waals surface area (Å²) in [5, 5.41) is 14.9. The lowest BCUT2D eigenvalue weighted by atomic mass is 10.2. The molecule has 6 nitrogen and oxygen atoms in total. The van der Waals surface area contributed by atoms with E-state index in [-0.39, 0.29) is 30.2 Å². The Kier molecular flexibility index (Phi) is 5.83. The molecule has 3 rings (SSSR count). The summed E-state index contributed by atoms with van der Waals surface area (Å²) in [6.07, 6.45) is 0.145. The van der Waals surface area contributed by atoms with Crippen molar-refractivity contribution in [1.29, 1.82) is 0 Å². The van der Waals surface area contributed by atoms with Crippen molar-refractivity contribution in [3.8, 4) is 5.75 Å². The summed E-state index contributed by atoms with van der Waals surface area (Å²) in [4.78, 5) is 28.5. The second kappa shape index (κ2) is 8.46. The van der Waals surface area contributed by atoms with Crippen LogP contribution in [0.3, 0.4) is 0 Å². The minimum absolute atomic E-state index is 0.0247. The van der Waals surface area contributed by atoms with Gasteiger partial charge in [-0.1, -0.05) is 30.3 Å². The molecule has 0 aliphatic rings. The summed E-state index contributed by atoms with van der Waals surface area (Å²) in [6, 6.07) is 13.7. The van der Waals surface area contributed by atoms with Gasteiger partial charge in [-0.25, -0.2) is 9.78 Å². The molecule has 0 bridgehead atoms. The zero-order chi connectivity index (χ0) is 19.2. The van der Waals surface area contributed by atoms with Crippen molar-refractivity contribution in [2.45, 2.75) is 20.0 Å². The summed E-state index contributed by atoms with van der Waals surface area (Å²) in [5.74, 6) is -0.911. The second-order valence-electron chi connectivity index (χ2n) is 5.87. The Hall–Kier alpha value is -3.19. The van der Waals surface area contributed by atoms with Crippen LogP contribution in [0, 0.1) is 6.92 Å². The molecule has 3 aromatic rings. The summed E-state index contributed by atoms with van der Waals surface area (Å²) in [5.41, 5.74) is 2.42. The first kappa shape index (κ1) is 18.6. The number of phenols is 1. The number of anilines is 1. The Morgan fingerprint density at radius 3 is 2.67 bits per heavy atom. The Balaban J connectivity index is 1.54. The fourth-order valence-corrected chi connectivity index (χ4v) is 3.18. The van der Waals surface area contributed by atoms with Gasteiger partial charge in [-0.05, 0) is 30.7 Å². The first-order chi connectivity index (χ1) is 13.0. The standard InChI is InChI=1S/C20H18N2O4S/c1-13-6-2-4-8-16(13)22-18(24)10-19-21-14(12-27-19)11-26-20(25)15-7-3-5-9-17(15)23/h2-9,12,23H,10-11H2,1H3,(H,22,24). The number of esters is 1. The zero-order valence-corrected chi connectivity index (χ0v) is 15.5. The van der Waals surface area contributed by atoms with Crippen molar-refractivity contribution in [3.63, 3.8) is 0 Å². The average Bonchev–Trinajstić information content (AvgIpc) is 3.09. The number of para-hydroxylation sites is 2. The number of phenolic OH excluding ortho intramolecular Hbond substituents is 1. The molecule has 0 unspecified atom stereocenters. The number of aryl methyl sites for hydroxylation is 1. The highest BCUT2D eigenvalue weighted by Gasteiger charge is 2.14. The van der Waals surface area contributed by atoms with Crippen LogP contribution in [-0.2, 0) is 22.6 Å². The van der Waals surface area contributed by atoms with Crippen molar-refractivity contribution >= 4 is 28.9 Å². The molecule has 2 aromatic carbocycles. The van der Waals surface area contributed by atoms with Crippen LogP contribution in [0.5, 0.6) is 5.75 Å². The summed E-state index contributed by atoms with van der Waals surface area (Å²) < 4.78 is 5.17. The molecule has 1 aromatic heterocycles. The Bertz CT molecular complexity index is 968. The fourth-order valence-electron chi connectivity index (χ4n) is 2.40. The van der Waals surface area contributed by atoms with Gasteiger partial charge < -0.3 is 15.2 Å². The third-order valence-electron chi connectivity index (χ3n) is 3.81. The summed E-state index contributed by atoms with van der Waals surface area (Å²) in [6.45, 7) is 1.90. The number of nitrogens with one attached hydrogen (secondary N) is 1. The first-order valence-electron chi connectivity index (χ1n) is 8.27. The number of hydrogen-bond donors (Lipinski definition) is 2. The molecule has 138 valence electrons. The van der Waals surface area contributed by atoms with Crippen LogP contribution in [0.2, 0.25) is 0 Å². The number of rotatable bonds is 6. The molecular formula is C20H18N2O4S. The fraction of sp³-hybridized carbons (Fsp3) is 0.150. The van der Waals surface area contributed by atoms with Crippen molar-refractivity contribution < 1.29 is 19.4 Å². The molecule has 1 amide bonds. The van der Waals surface area contributed by atoms with Crippen LogP contribution >= 0.6 is 11.3 Å². The SMILES string of the molecule is Cc1ccccc1NC(=O)Cc1nc(COC(=O)c2ccccc2O)cs1. The predicted molar refractivity (Wildman–Crippen MR) is 103 cm³/mol. The molecule has 0 radical (unpaired) electrons. The molecular weight excluding hydrogens is 364 g/mol. The number of nitrogens with zero attached hydrogens (tertiary/aromatic N) is 1. The number of aromatic hydroxyl groups is 1. The molecule has 0 fully saturated rings. The maximum absolute atomic E-state index is 12.2. The highest BCUT2D eigenvalue weighted by molar-refractivity contribution is 7.09. The monoisotopic (exact) mass is 382 g/mol. The van der Waals surface area contributed by atoms with Gasteiger partial charge in [-0.15, -0.1) is 11.3 Å². The number of carbonyl (C=O) groups is 2. The molecule has 0 saturated carbocycles. The Morgan fingerprint density at radius 2 is 1.89 bits per heavy atom. The summed E-state index contributed by atoms with van der Waals surface area (Å²) in [7, 11) is 0. The lowest BCUT2D eigenvalue weighted by Gasteiger charge is -2.06. The van der Waals surface area contributed by atoms with Crippen molar-refractivity contribution in [3.05, 3.63) is 75.7 Å². The largest absolute Gasteiger partial charge is 0.507 e. The number of benzene rings is 2. The number of carbonyl (C=O) groups excluding carboxylic acids is 2. The number of amides is 1. The van der Waals surface area contributed by atoms with Crippen molar-refractivity contribution in [2.24, 2.45) is 0 Å². The minimum Gasteiger partial charge on any atom is -0.507 e. The molecule has 2 N–H and O–H groups in total. The van der Waals surface area contributed by atoms with Crippen molar-refractivity contribution in [1.82, 2.24) is 4.98 Å². The van der Waals surface area contributed by atoms with E-state index in [0.717, 1.165) is 11.3 Å². The lowest BCUT2D eigenvalue weighted by Crippen LogP contribution is -2.15. The van der Waals surface area contributed by atoms with Gasteiger partial charge in [0.25, 0.3) is 0 Å². The van der Waals surface area contributed by atoms with Gasteiger partial charge in [0.1, 0.15) is 22.9 Å². The van der Waals surface area contributed by atoms with Crippen molar-refractivity contribution in [2.75, 3.05) is 5.32 Å². The van der Waals surface area contributed by atoms with E-state index >= 15 is 0 Å². The lowest BCUT2D eigenvalue weighted by molar-refractivity contribution is -0.115. The van der Waals surface area contributed by atoms with Crippen LogP contribution in [0.25, 0.3) is 0 Å². The number of aromatic nitrogens is 1. The Labute approximate surface area is 160 Å². The molecule has 0 aliphatic carbocycles. The van der Waals surface area contributed by atoms with E-state index < -0.39 is 5.97 Å². The average molecular weight is 382 g/mol. The van der Waals surface area contributed by atoms with Crippen LogP contribution in [0.1, 0.15) is 26.6 Å². The maximum atomic E-state index is 12.2. The van der Waals surface area contributed by atoms with E-state index in [4.69, 9.17) is 4.74 Å². The van der Waals surface area contributed by atoms with E-state index in [1.54, 1.807) is 17.5 Å². The molecule has 0 atom stereocenters. The van der Waals surface area contributed by atoms with E-state index in [9.17, 15) is 14.7 Å². The van der Waals surface area contributed by atoms with Gasteiger partial charge in [0.05, 0.1) is 12.1 Å². The smallest absolute Gasteiger partial charge is 0.342 e.